The van der Waals surface area contributed by atoms with E-state index < -0.39 is 5.91 Å². The van der Waals surface area contributed by atoms with Gasteiger partial charge in [-0.1, -0.05) is 66.4 Å². The van der Waals surface area contributed by atoms with Crippen LogP contribution in [0.4, 0.5) is 0 Å². The fraction of sp³-hybridized carbons (Fsp3) is 0.172. The minimum atomic E-state index is -0.447. The van der Waals surface area contributed by atoms with Crippen molar-refractivity contribution in [1.29, 1.82) is 0 Å². The molecule has 2 N–H and O–H groups in total. The number of nitrogens with one attached hydrogen (secondary N) is 2. The number of nitrogens with zero attached hydrogens (tertiary/aromatic N) is 1. The van der Waals surface area contributed by atoms with Crippen LogP contribution in [-0.4, -0.2) is 40.6 Å². The van der Waals surface area contributed by atoms with E-state index in [2.05, 4.69) is 10.9 Å². The lowest BCUT2D eigenvalue weighted by Crippen LogP contribution is -2.41. The summed E-state index contributed by atoms with van der Waals surface area (Å²) in [6, 6.07) is 23.8. The Morgan fingerprint density at radius 1 is 0.974 bits per heavy atom. The van der Waals surface area contributed by atoms with E-state index >= 15 is 0 Å². The smallest absolute Gasteiger partial charge is 0.269 e. The molecule has 8 nitrogen and oxygen atoms in total. The maximum absolute atomic E-state index is 12.8. The number of ether oxygens (including phenoxy) is 2. The predicted molar refractivity (Wildman–Crippen MR) is 155 cm³/mol. The summed E-state index contributed by atoms with van der Waals surface area (Å²) in [4.78, 5) is 39.4. The highest BCUT2D eigenvalue weighted by Gasteiger charge is 2.31. The number of hydrogen-bond acceptors (Lipinski definition) is 7. The van der Waals surface area contributed by atoms with Gasteiger partial charge in [-0.3, -0.25) is 30.1 Å². The molecule has 0 radical (unpaired) electrons. The van der Waals surface area contributed by atoms with Crippen molar-refractivity contribution in [1.82, 2.24) is 15.8 Å². The van der Waals surface area contributed by atoms with E-state index in [1.807, 2.05) is 54.6 Å². The van der Waals surface area contributed by atoms with E-state index in [9.17, 15) is 14.4 Å². The lowest BCUT2D eigenvalue weighted by Gasteiger charge is -2.14. The van der Waals surface area contributed by atoms with Gasteiger partial charge in [0.15, 0.2) is 0 Å². The lowest BCUT2D eigenvalue weighted by molar-refractivity contribution is -0.124. The number of benzene rings is 3. The highest BCUT2D eigenvalue weighted by Crippen LogP contribution is 2.33. The van der Waals surface area contributed by atoms with Crippen molar-refractivity contribution in [2.24, 2.45) is 0 Å². The first kappa shape index (κ1) is 27.9. The van der Waals surface area contributed by atoms with Gasteiger partial charge in [0.25, 0.3) is 11.8 Å². The largest absolute Gasteiger partial charge is 0.497 e. The van der Waals surface area contributed by atoms with Crippen LogP contribution in [0.2, 0.25) is 0 Å². The van der Waals surface area contributed by atoms with Crippen molar-refractivity contribution in [3.8, 4) is 11.5 Å². The van der Waals surface area contributed by atoms with Gasteiger partial charge in [0.05, 0.1) is 12.0 Å². The molecular weight excluding hydrogens is 534 g/mol. The minimum absolute atomic E-state index is 0.110. The molecule has 1 aliphatic heterocycles. The molecule has 3 aromatic rings. The molecule has 1 heterocycles. The maximum Gasteiger partial charge on any atom is 0.269 e. The SMILES string of the molecule is COc1cccc(C=C2SC(=S)N(CCCC(=O)NNC(=O)c3ccc(OCc4ccccc4)cc3)C2=O)c1. The van der Waals surface area contributed by atoms with E-state index in [-0.39, 0.29) is 18.2 Å². The average molecular weight is 562 g/mol. The molecule has 0 aromatic heterocycles. The van der Waals surface area contributed by atoms with Crippen LogP contribution in [0.1, 0.15) is 34.3 Å². The zero-order valence-electron chi connectivity index (χ0n) is 21.2. The van der Waals surface area contributed by atoms with Gasteiger partial charge in [-0.2, -0.15) is 0 Å². The normalized spacial score (nSPS) is 13.9. The van der Waals surface area contributed by atoms with Gasteiger partial charge in [-0.05, 0) is 60.0 Å². The van der Waals surface area contributed by atoms with Crippen molar-refractivity contribution in [3.05, 3.63) is 100 Å². The van der Waals surface area contributed by atoms with Crippen LogP contribution in [0.3, 0.4) is 0 Å². The van der Waals surface area contributed by atoms with Crippen LogP contribution >= 0.6 is 24.0 Å². The maximum atomic E-state index is 12.8. The highest BCUT2D eigenvalue weighted by molar-refractivity contribution is 8.26. The van der Waals surface area contributed by atoms with Crippen molar-refractivity contribution >= 4 is 52.1 Å². The number of rotatable bonds is 10. The summed E-state index contributed by atoms with van der Waals surface area (Å²) in [5, 5.41) is 0. The van der Waals surface area contributed by atoms with E-state index in [0.717, 1.165) is 11.1 Å². The Kier molecular flexibility index (Phi) is 9.71. The summed E-state index contributed by atoms with van der Waals surface area (Å²) >= 11 is 6.59. The zero-order valence-corrected chi connectivity index (χ0v) is 22.8. The minimum Gasteiger partial charge on any atom is -0.497 e. The summed E-state index contributed by atoms with van der Waals surface area (Å²) in [7, 11) is 1.58. The number of amides is 3. The van der Waals surface area contributed by atoms with Crippen LogP contribution in [-0.2, 0) is 16.2 Å². The van der Waals surface area contributed by atoms with Crippen molar-refractivity contribution in [2.45, 2.75) is 19.4 Å². The van der Waals surface area contributed by atoms with Crippen LogP contribution < -0.4 is 20.3 Å². The number of thiocarbonyl (C=S) groups is 1. The molecule has 0 saturated carbocycles. The van der Waals surface area contributed by atoms with E-state index in [1.54, 1.807) is 37.5 Å². The molecule has 0 atom stereocenters. The molecule has 0 aliphatic carbocycles. The number of thioether (sulfide) groups is 1. The van der Waals surface area contributed by atoms with Gasteiger partial charge in [-0.15, -0.1) is 0 Å². The zero-order chi connectivity index (χ0) is 27.6. The second kappa shape index (κ2) is 13.6. The first-order valence-electron chi connectivity index (χ1n) is 12.2. The van der Waals surface area contributed by atoms with Crippen LogP contribution in [0, 0.1) is 0 Å². The summed E-state index contributed by atoms with van der Waals surface area (Å²) in [6.45, 7) is 0.723. The average Bonchev–Trinajstić information content (AvgIpc) is 3.23. The van der Waals surface area contributed by atoms with Crippen molar-refractivity contribution in [3.63, 3.8) is 0 Å². The molecule has 3 amide bonds. The lowest BCUT2D eigenvalue weighted by atomic mass is 10.2. The number of carbonyl (C=O) groups is 3. The molecule has 10 heteroatoms. The second-order valence-electron chi connectivity index (χ2n) is 8.51. The first-order chi connectivity index (χ1) is 18.9. The molecule has 0 unspecified atom stereocenters. The monoisotopic (exact) mass is 561 g/mol. The number of hydrogen-bond donors (Lipinski definition) is 2. The van der Waals surface area contributed by atoms with Gasteiger partial charge >= 0.3 is 0 Å². The number of hydrazine groups is 1. The second-order valence-corrected chi connectivity index (χ2v) is 10.2. The molecule has 3 aromatic carbocycles. The summed E-state index contributed by atoms with van der Waals surface area (Å²) in [5.41, 5.74) is 7.07. The Labute approximate surface area is 236 Å². The van der Waals surface area contributed by atoms with Crippen molar-refractivity contribution < 1.29 is 23.9 Å². The quantitative estimate of drug-likeness (QED) is 0.210. The van der Waals surface area contributed by atoms with E-state index in [4.69, 9.17) is 21.7 Å². The van der Waals surface area contributed by atoms with Crippen LogP contribution in [0.25, 0.3) is 6.08 Å². The summed E-state index contributed by atoms with van der Waals surface area (Å²) < 4.78 is 11.4. The van der Waals surface area contributed by atoms with Gasteiger partial charge in [0.2, 0.25) is 5.91 Å². The molecule has 1 saturated heterocycles. The fourth-order valence-corrected chi connectivity index (χ4v) is 4.99. The molecule has 1 aliphatic rings. The number of carbonyl (C=O) groups excluding carboxylic acids is 3. The predicted octanol–water partition coefficient (Wildman–Crippen LogP) is 4.72. The topological polar surface area (TPSA) is 97.0 Å². The molecule has 4 rings (SSSR count). The molecule has 1 fully saturated rings. The third kappa shape index (κ3) is 7.92. The highest BCUT2D eigenvalue weighted by atomic mass is 32.2. The van der Waals surface area contributed by atoms with Gasteiger partial charge < -0.3 is 9.47 Å². The molecular formula is C29H27N3O5S2. The Hall–Kier alpha value is -4.15. The van der Waals surface area contributed by atoms with E-state index in [0.29, 0.717) is 45.9 Å². The van der Waals surface area contributed by atoms with Crippen LogP contribution in [0.15, 0.2) is 83.8 Å². The molecule has 0 spiro atoms. The standard InChI is InChI=1S/C29H27N3O5S2/c1-36-24-10-5-9-21(17-24)18-25-28(35)32(29(38)39-25)16-6-11-26(33)30-31-27(34)22-12-14-23(15-13-22)37-19-20-7-3-2-4-8-20/h2-5,7-10,12-15,17-18H,6,11,16,19H2,1H3,(H,30,33)(H,31,34). The van der Waals surface area contributed by atoms with E-state index in [1.165, 1.54) is 16.7 Å². The van der Waals surface area contributed by atoms with Gasteiger partial charge in [-0.25, -0.2) is 0 Å². The van der Waals surface area contributed by atoms with Gasteiger partial charge in [0, 0.05) is 18.5 Å². The molecule has 0 bridgehead atoms. The van der Waals surface area contributed by atoms with Crippen molar-refractivity contribution in [2.75, 3.05) is 13.7 Å². The number of methoxy groups -OCH3 is 1. The molecule has 200 valence electrons. The Bertz CT molecular complexity index is 1380. The fourth-order valence-electron chi connectivity index (χ4n) is 3.68. The third-order valence-electron chi connectivity index (χ3n) is 5.73. The third-order valence-corrected chi connectivity index (χ3v) is 7.11. The first-order valence-corrected chi connectivity index (χ1v) is 13.4. The van der Waals surface area contributed by atoms with Crippen LogP contribution in [0.5, 0.6) is 11.5 Å². The Morgan fingerprint density at radius 3 is 2.49 bits per heavy atom. The van der Waals surface area contributed by atoms with Gasteiger partial charge in [0.1, 0.15) is 22.4 Å². The Morgan fingerprint density at radius 2 is 1.74 bits per heavy atom. The Balaban J connectivity index is 1.19. The summed E-state index contributed by atoms with van der Waals surface area (Å²) in [5.74, 6) is 0.314. The molecule has 39 heavy (non-hydrogen) atoms. The summed E-state index contributed by atoms with van der Waals surface area (Å²) in [6.07, 6.45) is 2.26.